The van der Waals surface area contributed by atoms with Crippen LogP contribution in [0.3, 0.4) is 0 Å². The average Bonchev–Trinajstić information content (AvgIpc) is 2.77. The summed E-state index contributed by atoms with van der Waals surface area (Å²) in [5.41, 5.74) is 0. The van der Waals surface area contributed by atoms with Crippen molar-refractivity contribution in [3.8, 4) is 0 Å². The molecule has 1 aliphatic carbocycles. The van der Waals surface area contributed by atoms with E-state index in [0.717, 1.165) is 38.8 Å². The highest BCUT2D eigenvalue weighted by Gasteiger charge is 2.36. The fraction of sp³-hybridized carbons (Fsp3) is 1.00. The molecule has 2 fully saturated rings. The van der Waals surface area contributed by atoms with Crippen LogP contribution in [0.4, 0.5) is 0 Å². The smallest absolute Gasteiger partial charge is 0.279 e. The van der Waals surface area contributed by atoms with Gasteiger partial charge in [0.05, 0.1) is 0 Å². The number of piperidine rings is 1. The van der Waals surface area contributed by atoms with Crippen LogP contribution in [-0.2, 0) is 10.2 Å². The van der Waals surface area contributed by atoms with Crippen molar-refractivity contribution in [2.45, 2.75) is 52.5 Å². The normalized spacial score (nSPS) is 35.2. The molecule has 0 aromatic heterocycles. The van der Waals surface area contributed by atoms with E-state index < -0.39 is 10.2 Å². The summed E-state index contributed by atoms with van der Waals surface area (Å²) in [6.07, 6.45) is 4.18. The third-order valence-corrected chi connectivity index (χ3v) is 6.88. The minimum absolute atomic E-state index is 0.110. The molecule has 1 saturated carbocycles. The molecule has 0 amide bonds. The molecule has 21 heavy (non-hydrogen) atoms. The highest BCUT2D eigenvalue weighted by Crippen LogP contribution is 2.32. The SMILES string of the molecule is CCNCC1CCCN(S(=O)(=O)NC2CCC(C)C2C)C1. The summed E-state index contributed by atoms with van der Waals surface area (Å²) in [7, 11) is -3.33. The summed E-state index contributed by atoms with van der Waals surface area (Å²) in [5.74, 6) is 1.48. The summed E-state index contributed by atoms with van der Waals surface area (Å²) in [4.78, 5) is 0. The Morgan fingerprint density at radius 3 is 2.57 bits per heavy atom. The van der Waals surface area contributed by atoms with Crippen molar-refractivity contribution in [3.63, 3.8) is 0 Å². The van der Waals surface area contributed by atoms with Gasteiger partial charge in [-0.15, -0.1) is 0 Å². The van der Waals surface area contributed by atoms with Gasteiger partial charge in [-0.25, -0.2) is 0 Å². The van der Waals surface area contributed by atoms with Gasteiger partial charge in [0, 0.05) is 19.1 Å². The predicted molar refractivity (Wildman–Crippen MR) is 86.2 cm³/mol. The molecule has 0 aromatic carbocycles. The van der Waals surface area contributed by atoms with Gasteiger partial charge >= 0.3 is 0 Å². The van der Waals surface area contributed by atoms with Gasteiger partial charge in [-0.1, -0.05) is 20.8 Å². The standard InChI is InChI=1S/C15H31N3O2S/c1-4-16-10-14-6-5-9-18(11-14)21(19,20)17-15-8-7-12(2)13(15)3/h12-17H,4-11H2,1-3H3. The Hall–Kier alpha value is -0.170. The van der Waals surface area contributed by atoms with E-state index in [1.807, 2.05) is 0 Å². The quantitative estimate of drug-likeness (QED) is 0.782. The summed E-state index contributed by atoms with van der Waals surface area (Å²) in [6.45, 7) is 9.63. The van der Waals surface area contributed by atoms with Crippen LogP contribution in [0.5, 0.6) is 0 Å². The lowest BCUT2D eigenvalue weighted by atomic mass is 9.98. The molecule has 0 radical (unpaired) electrons. The maximum atomic E-state index is 12.6. The van der Waals surface area contributed by atoms with Gasteiger partial charge in [0.15, 0.2) is 0 Å². The largest absolute Gasteiger partial charge is 0.317 e. The van der Waals surface area contributed by atoms with Gasteiger partial charge in [0.25, 0.3) is 10.2 Å². The minimum atomic E-state index is -3.33. The first-order chi connectivity index (χ1) is 9.94. The molecule has 1 heterocycles. The third-order valence-electron chi connectivity index (χ3n) is 5.27. The molecule has 2 aliphatic rings. The highest BCUT2D eigenvalue weighted by atomic mass is 32.2. The molecule has 6 heteroatoms. The summed E-state index contributed by atoms with van der Waals surface area (Å²) in [5, 5.41) is 3.33. The van der Waals surface area contributed by atoms with Gasteiger partial charge in [-0.2, -0.15) is 17.4 Å². The first-order valence-electron chi connectivity index (χ1n) is 8.42. The van der Waals surface area contributed by atoms with Crippen molar-refractivity contribution < 1.29 is 8.42 Å². The van der Waals surface area contributed by atoms with E-state index in [1.165, 1.54) is 0 Å². The summed E-state index contributed by atoms with van der Waals surface area (Å²) < 4.78 is 29.8. The van der Waals surface area contributed by atoms with Gasteiger partial charge < -0.3 is 5.32 Å². The van der Waals surface area contributed by atoms with E-state index in [1.54, 1.807) is 4.31 Å². The maximum Gasteiger partial charge on any atom is 0.279 e. The van der Waals surface area contributed by atoms with Crippen LogP contribution in [0, 0.1) is 17.8 Å². The van der Waals surface area contributed by atoms with E-state index in [4.69, 9.17) is 0 Å². The molecule has 0 bridgehead atoms. The van der Waals surface area contributed by atoms with Crippen molar-refractivity contribution in [2.24, 2.45) is 17.8 Å². The zero-order valence-electron chi connectivity index (χ0n) is 13.6. The fourth-order valence-corrected chi connectivity index (χ4v) is 5.20. The molecule has 2 rings (SSSR count). The monoisotopic (exact) mass is 317 g/mol. The molecule has 4 unspecified atom stereocenters. The van der Waals surface area contributed by atoms with Crippen LogP contribution in [0.1, 0.15) is 46.5 Å². The van der Waals surface area contributed by atoms with Gasteiger partial charge in [-0.05, 0) is 56.5 Å². The lowest BCUT2D eigenvalue weighted by Gasteiger charge is -2.33. The van der Waals surface area contributed by atoms with Crippen molar-refractivity contribution in [3.05, 3.63) is 0 Å². The summed E-state index contributed by atoms with van der Waals surface area (Å²) >= 11 is 0. The number of hydrogen-bond acceptors (Lipinski definition) is 3. The Morgan fingerprint density at radius 1 is 1.19 bits per heavy atom. The first-order valence-corrected chi connectivity index (χ1v) is 9.86. The number of nitrogens with zero attached hydrogens (tertiary/aromatic N) is 1. The Labute approximate surface area is 130 Å². The molecular weight excluding hydrogens is 286 g/mol. The number of nitrogens with one attached hydrogen (secondary N) is 2. The molecule has 4 atom stereocenters. The van der Waals surface area contributed by atoms with E-state index in [-0.39, 0.29) is 6.04 Å². The molecule has 0 spiro atoms. The third kappa shape index (κ3) is 4.41. The molecule has 5 nitrogen and oxygen atoms in total. The molecule has 1 saturated heterocycles. The van der Waals surface area contributed by atoms with Crippen LogP contribution >= 0.6 is 0 Å². The topological polar surface area (TPSA) is 61.4 Å². The van der Waals surface area contributed by atoms with Crippen LogP contribution < -0.4 is 10.0 Å². The van der Waals surface area contributed by atoms with E-state index in [2.05, 4.69) is 30.8 Å². The second-order valence-electron chi connectivity index (χ2n) is 6.82. The molecular formula is C15H31N3O2S. The Balaban J connectivity index is 1.92. The maximum absolute atomic E-state index is 12.6. The molecule has 2 N–H and O–H groups in total. The van der Waals surface area contributed by atoms with Gasteiger partial charge in [0.2, 0.25) is 0 Å². The molecule has 1 aliphatic heterocycles. The zero-order valence-corrected chi connectivity index (χ0v) is 14.5. The Bertz CT molecular complexity index is 427. The Kier molecular flexibility index (Phi) is 6.05. The lowest BCUT2D eigenvalue weighted by Crippen LogP contribution is -2.50. The second kappa shape index (κ2) is 7.40. The van der Waals surface area contributed by atoms with Crippen molar-refractivity contribution in [1.82, 2.24) is 14.3 Å². The highest BCUT2D eigenvalue weighted by molar-refractivity contribution is 7.87. The predicted octanol–water partition coefficient (Wildman–Crippen LogP) is 1.58. The van der Waals surface area contributed by atoms with Crippen molar-refractivity contribution in [2.75, 3.05) is 26.2 Å². The zero-order chi connectivity index (χ0) is 15.5. The Morgan fingerprint density at radius 2 is 1.95 bits per heavy atom. The minimum Gasteiger partial charge on any atom is -0.317 e. The number of hydrogen-bond donors (Lipinski definition) is 2. The van der Waals surface area contributed by atoms with Crippen LogP contribution in [0.25, 0.3) is 0 Å². The van der Waals surface area contributed by atoms with Crippen LogP contribution in [-0.4, -0.2) is 44.9 Å². The van der Waals surface area contributed by atoms with E-state index in [9.17, 15) is 8.42 Å². The van der Waals surface area contributed by atoms with Gasteiger partial charge in [0.1, 0.15) is 0 Å². The van der Waals surface area contributed by atoms with Gasteiger partial charge in [-0.3, -0.25) is 0 Å². The van der Waals surface area contributed by atoms with Crippen molar-refractivity contribution in [1.29, 1.82) is 0 Å². The second-order valence-corrected chi connectivity index (χ2v) is 8.52. The van der Waals surface area contributed by atoms with E-state index >= 15 is 0 Å². The van der Waals surface area contributed by atoms with Crippen LogP contribution in [0.15, 0.2) is 0 Å². The molecule has 0 aromatic rings. The van der Waals surface area contributed by atoms with Crippen molar-refractivity contribution >= 4 is 10.2 Å². The summed E-state index contributed by atoms with van der Waals surface area (Å²) in [6, 6.07) is 0.110. The van der Waals surface area contributed by atoms with Crippen LogP contribution in [0.2, 0.25) is 0 Å². The molecule has 124 valence electrons. The van der Waals surface area contributed by atoms with E-state index in [0.29, 0.717) is 30.8 Å². The lowest BCUT2D eigenvalue weighted by molar-refractivity contribution is 0.255. The fourth-order valence-electron chi connectivity index (χ4n) is 3.56. The first kappa shape index (κ1) is 17.2. The number of rotatable bonds is 6. The average molecular weight is 317 g/mol.